The molecule has 0 aliphatic carbocycles. The van der Waals surface area contributed by atoms with Crippen molar-refractivity contribution >= 4 is 0 Å². The molecule has 0 saturated heterocycles. The quantitative estimate of drug-likeness (QED) is 0.533. The van der Waals surface area contributed by atoms with E-state index in [4.69, 9.17) is 0 Å². The van der Waals surface area contributed by atoms with Gasteiger partial charge in [0.25, 0.3) is 0 Å². The highest BCUT2D eigenvalue weighted by atomic mass is 16.3. The SMILES string of the molecule is CC(C)CCCC(C)CCCCC(C)C(C)O. The van der Waals surface area contributed by atoms with Gasteiger partial charge in [0.2, 0.25) is 0 Å². The smallest absolute Gasteiger partial charge is 0.0537 e. The van der Waals surface area contributed by atoms with E-state index >= 15 is 0 Å². The topological polar surface area (TPSA) is 20.2 Å². The largest absolute Gasteiger partial charge is 0.393 e. The summed E-state index contributed by atoms with van der Waals surface area (Å²) >= 11 is 0. The fraction of sp³-hybridized carbons (Fsp3) is 1.00. The van der Waals surface area contributed by atoms with Crippen molar-refractivity contribution < 1.29 is 5.11 Å². The molecular weight excluding hydrogens is 208 g/mol. The molecule has 0 aliphatic heterocycles. The lowest BCUT2D eigenvalue weighted by Crippen LogP contribution is -2.12. The first-order chi connectivity index (χ1) is 7.93. The number of hydrogen-bond acceptors (Lipinski definition) is 1. The first kappa shape index (κ1) is 17.0. The highest BCUT2D eigenvalue weighted by Crippen LogP contribution is 2.19. The normalized spacial score (nSPS) is 17.1. The minimum Gasteiger partial charge on any atom is -0.393 e. The Morgan fingerprint density at radius 2 is 1.24 bits per heavy atom. The molecule has 1 N–H and O–H groups in total. The van der Waals surface area contributed by atoms with Crippen molar-refractivity contribution in [3.05, 3.63) is 0 Å². The summed E-state index contributed by atoms with van der Waals surface area (Å²) in [6.07, 6.45) is 9.18. The molecule has 0 aromatic carbocycles. The summed E-state index contributed by atoms with van der Waals surface area (Å²) in [5.74, 6) is 2.20. The molecule has 0 rings (SSSR count). The third kappa shape index (κ3) is 10.8. The van der Waals surface area contributed by atoms with Gasteiger partial charge in [-0.1, -0.05) is 66.2 Å². The molecule has 1 heteroatoms. The van der Waals surface area contributed by atoms with Gasteiger partial charge in [0.05, 0.1) is 6.10 Å². The monoisotopic (exact) mass is 242 g/mol. The molecular formula is C16H34O. The molecule has 1 nitrogen and oxygen atoms in total. The number of aliphatic hydroxyl groups is 1. The van der Waals surface area contributed by atoms with Crippen LogP contribution < -0.4 is 0 Å². The van der Waals surface area contributed by atoms with Crippen molar-refractivity contribution in [3.8, 4) is 0 Å². The molecule has 3 unspecified atom stereocenters. The average molecular weight is 242 g/mol. The number of aliphatic hydroxyl groups excluding tert-OH is 1. The highest BCUT2D eigenvalue weighted by molar-refractivity contribution is 4.61. The van der Waals surface area contributed by atoms with Crippen LogP contribution >= 0.6 is 0 Å². The van der Waals surface area contributed by atoms with Gasteiger partial charge < -0.3 is 5.11 Å². The second kappa shape index (κ2) is 9.94. The zero-order chi connectivity index (χ0) is 13.3. The summed E-state index contributed by atoms with van der Waals surface area (Å²) in [6.45, 7) is 11.1. The first-order valence-electron chi connectivity index (χ1n) is 7.61. The molecule has 0 heterocycles. The van der Waals surface area contributed by atoms with Crippen LogP contribution in [0.15, 0.2) is 0 Å². The zero-order valence-electron chi connectivity index (χ0n) is 12.7. The molecule has 0 aromatic rings. The standard InChI is InChI=1S/C16H34O/c1-13(2)9-8-11-14(3)10-6-7-12-15(4)16(5)17/h13-17H,6-12H2,1-5H3. The van der Waals surface area contributed by atoms with E-state index in [0.717, 1.165) is 11.8 Å². The third-order valence-electron chi connectivity index (χ3n) is 3.91. The summed E-state index contributed by atoms with van der Waals surface area (Å²) in [5.41, 5.74) is 0. The Hall–Kier alpha value is -0.0400. The van der Waals surface area contributed by atoms with Crippen molar-refractivity contribution in [1.82, 2.24) is 0 Å². The van der Waals surface area contributed by atoms with Crippen LogP contribution in [-0.2, 0) is 0 Å². The van der Waals surface area contributed by atoms with Crippen molar-refractivity contribution in [1.29, 1.82) is 0 Å². The van der Waals surface area contributed by atoms with Crippen LogP contribution in [0, 0.1) is 17.8 Å². The molecule has 0 spiro atoms. The summed E-state index contributed by atoms with van der Waals surface area (Å²) in [5, 5.41) is 9.40. The number of rotatable bonds is 10. The minimum absolute atomic E-state index is 0.140. The van der Waals surface area contributed by atoms with Crippen LogP contribution in [0.1, 0.15) is 79.6 Å². The molecule has 17 heavy (non-hydrogen) atoms. The molecule has 0 fully saturated rings. The zero-order valence-corrected chi connectivity index (χ0v) is 12.7. The lowest BCUT2D eigenvalue weighted by Gasteiger charge is -2.15. The maximum absolute atomic E-state index is 9.40. The highest BCUT2D eigenvalue weighted by Gasteiger charge is 2.08. The number of hydrogen-bond donors (Lipinski definition) is 1. The third-order valence-corrected chi connectivity index (χ3v) is 3.91. The van der Waals surface area contributed by atoms with E-state index in [0.29, 0.717) is 5.92 Å². The van der Waals surface area contributed by atoms with E-state index in [1.807, 2.05) is 6.92 Å². The van der Waals surface area contributed by atoms with Crippen molar-refractivity contribution in [2.75, 3.05) is 0 Å². The Bertz CT molecular complexity index is 163. The molecule has 0 radical (unpaired) electrons. The maximum Gasteiger partial charge on any atom is 0.0537 e. The van der Waals surface area contributed by atoms with E-state index in [2.05, 4.69) is 27.7 Å². The molecule has 0 aliphatic rings. The summed E-state index contributed by atoms with van der Waals surface area (Å²) in [4.78, 5) is 0. The van der Waals surface area contributed by atoms with Crippen LogP contribution in [-0.4, -0.2) is 11.2 Å². The van der Waals surface area contributed by atoms with Gasteiger partial charge in [-0.25, -0.2) is 0 Å². The van der Waals surface area contributed by atoms with Gasteiger partial charge in [-0.05, 0) is 31.1 Å². The average Bonchev–Trinajstić information content (AvgIpc) is 2.23. The lowest BCUT2D eigenvalue weighted by atomic mass is 9.93. The number of unbranched alkanes of at least 4 members (excludes halogenated alkanes) is 1. The van der Waals surface area contributed by atoms with Crippen LogP contribution in [0.4, 0.5) is 0 Å². The van der Waals surface area contributed by atoms with Gasteiger partial charge >= 0.3 is 0 Å². The Morgan fingerprint density at radius 1 is 0.706 bits per heavy atom. The predicted octanol–water partition coefficient (Wildman–Crippen LogP) is 5.03. The van der Waals surface area contributed by atoms with Gasteiger partial charge in [0.15, 0.2) is 0 Å². The van der Waals surface area contributed by atoms with Gasteiger partial charge in [0.1, 0.15) is 0 Å². The van der Waals surface area contributed by atoms with E-state index in [-0.39, 0.29) is 6.10 Å². The van der Waals surface area contributed by atoms with Crippen molar-refractivity contribution in [2.45, 2.75) is 85.7 Å². The molecule has 3 atom stereocenters. The molecule has 0 aromatic heterocycles. The fourth-order valence-corrected chi connectivity index (χ4v) is 2.22. The summed E-state index contributed by atoms with van der Waals surface area (Å²) in [7, 11) is 0. The van der Waals surface area contributed by atoms with Crippen molar-refractivity contribution in [3.63, 3.8) is 0 Å². The van der Waals surface area contributed by atoms with E-state index < -0.39 is 0 Å². The minimum atomic E-state index is -0.140. The second-order valence-electron chi connectivity index (χ2n) is 6.43. The van der Waals surface area contributed by atoms with E-state index in [1.54, 1.807) is 0 Å². The Balaban J connectivity index is 3.36. The Morgan fingerprint density at radius 3 is 1.76 bits per heavy atom. The van der Waals surface area contributed by atoms with Crippen LogP contribution in [0.3, 0.4) is 0 Å². The first-order valence-corrected chi connectivity index (χ1v) is 7.61. The van der Waals surface area contributed by atoms with E-state index in [9.17, 15) is 5.11 Å². The lowest BCUT2D eigenvalue weighted by molar-refractivity contribution is 0.128. The van der Waals surface area contributed by atoms with Gasteiger partial charge in [0, 0.05) is 0 Å². The summed E-state index contributed by atoms with van der Waals surface area (Å²) in [6, 6.07) is 0. The fourth-order valence-electron chi connectivity index (χ4n) is 2.22. The molecule has 0 bridgehead atoms. The van der Waals surface area contributed by atoms with E-state index in [1.165, 1.54) is 44.9 Å². The Kier molecular flexibility index (Phi) is 9.91. The molecule has 0 saturated carbocycles. The predicted molar refractivity (Wildman–Crippen MR) is 77.2 cm³/mol. The molecule has 0 amide bonds. The second-order valence-corrected chi connectivity index (χ2v) is 6.43. The van der Waals surface area contributed by atoms with Crippen molar-refractivity contribution in [2.24, 2.45) is 17.8 Å². The Labute approximate surface area is 109 Å². The van der Waals surface area contributed by atoms with Crippen LogP contribution in [0.5, 0.6) is 0 Å². The van der Waals surface area contributed by atoms with Gasteiger partial charge in [-0.3, -0.25) is 0 Å². The maximum atomic E-state index is 9.40. The van der Waals surface area contributed by atoms with Gasteiger partial charge in [-0.15, -0.1) is 0 Å². The summed E-state index contributed by atoms with van der Waals surface area (Å²) < 4.78 is 0. The van der Waals surface area contributed by atoms with Crippen LogP contribution in [0.25, 0.3) is 0 Å². The molecule has 104 valence electrons. The van der Waals surface area contributed by atoms with Crippen LogP contribution in [0.2, 0.25) is 0 Å². The van der Waals surface area contributed by atoms with Gasteiger partial charge in [-0.2, -0.15) is 0 Å².